The second-order valence-corrected chi connectivity index (χ2v) is 12.2. The molecule has 5 rings (SSSR count). The van der Waals surface area contributed by atoms with Crippen LogP contribution in [0.1, 0.15) is 73.1 Å². The molecule has 0 amide bonds. The lowest BCUT2D eigenvalue weighted by Gasteiger charge is -2.68. The number of fused-ring (bicyclic) bond motifs is 7. The van der Waals surface area contributed by atoms with Crippen LogP contribution in [0.4, 0.5) is 4.39 Å². The topological polar surface area (TPSA) is 72.8 Å². The van der Waals surface area contributed by atoms with Crippen molar-refractivity contribution < 1.29 is 28.6 Å². The van der Waals surface area contributed by atoms with Gasteiger partial charge in [-0.3, -0.25) is 9.59 Å². The lowest BCUT2D eigenvalue weighted by molar-refractivity contribution is -0.279. The first-order valence-electron chi connectivity index (χ1n) is 11.8. The zero-order valence-corrected chi connectivity index (χ0v) is 20.4. The number of alkyl halides is 2. The Bertz CT molecular complexity index is 933. The molecule has 0 spiro atoms. The number of hydrogen-bond donors (Lipinski definition) is 1. The minimum Gasteiger partial charge on any atom is -0.390 e. The molecule has 5 aliphatic rings. The number of rotatable bonds is 2. The van der Waals surface area contributed by atoms with Crippen LogP contribution < -0.4 is 0 Å². The van der Waals surface area contributed by atoms with E-state index >= 15 is 4.39 Å². The first kappa shape index (κ1) is 22.9. The van der Waals surface area contributed by atoms with Crippen molar-refractivity contribution in [1.82, 2.24) is 0 Å². The highest BCUT2D eigenvalue weighted by Gasteiger charge is 2.83. The Morgan fingerprint density at radius 2 is 1.88 bits per heavy atom. The van der Waals surface area contributed by atoms with Gasteiger partial charge in [0, 0.05) is 22.7 Å². The second kappa shape index (κ2) is 6.44. The van der Waals surface area contributed by atoms with Gasteiger partial charge in [-0.15, -0.1) is 11.6 Å². The highest BCUT2D eigenvalue weighted by Crippen LogP contribution is 2.76. The van der Waals surface area contributed by atoms with Crippen LogP contribution in [-0.2, 0) is 19.1 Å². The molecule has 1 unspecified atom stereocenters. The summed E-state index contributed by atoms with van der Waals surface area (Å²) in [5.41, 5.74) is -5.08. The van der Waals surface area contributed by atoms with Crippen molar-refractivity contribution in [2.45, 2.75) is 102 Å². The Kier molecular flexibility index (Phi) is 4.62. The molecule has 1 saturated heterocycles. The number of hydrogen-bond acceptors (Lipinski definition) is 5. The molecular formula is C25H34ClFO5. The number of halogens is 2. The summed E-state index contributed by atoms with van der Waals surface area (Å²) in [6.45, 7) is 9.33. The molecule has 0 bridgehead atoms. The van der Waals surface area contributed by atoms with E-state index in [1.165, 1.54) is 0 Å². The maximum Gasteiger partial charge on any atom is 0.182 e. The number of allylic oxidation sites excluding steroid dienone is 1. The zero-order valence-electron chi connectivity index (χ0n) is 19.6. The molecule has 1 aliphatic heterocycles. The maximum absolute atomic E-state index is 17.6. The van der Waals surface area contributed by atoms with Gasteiger partial charge in [0.15, 0.2) is 28.6 Å². The van der Waals surface area contributed by atoms with E-state index in [0.717, 1.165) is 5.57 Å². The summed E-state index contributed by atoms with van der Waals surface area (Å²) < 4.78 is 30.2. The first-order valence-corrected chi connectivity index (χ1v) is 12.3. The fourth-order valence-corrected chi connectivity index (χ4v) is 9.09. The third kappa shape index (κ3) is 2.31. The Hall–Kier alpha value is -0.820. The molecule has 7 heteroatoms. The predicted molar refractivity (Wildman–Crippen MR) is 117 cm³/mol. The van der Waals surface area contributed by atoms with Crippen molar-refractivity contribution in [1.29, 1.82) is 0 Å². The van der Waals surface area contributed by atoms with Crippen molar-refractivity contribution in [3.05, 3.63) is 11.6 Å². The molecule has 0 aromatic carbocycles. The first-order chi connectivity index (χ1) is 14.7. The van der Waals surface area contributed by atoms with E-state index in [-0.39, 0.29) is 36.2 Å². The molecule has 0 aromatic heterocycles. The third-order valence-electron chi connectivity index (χ3n) is 10.2. The van der Waals surface area contributed by atoms with E-state index in [1.807, 2.05) is 20.8 Å². The van der Waals surface area contributed by atoms with Crippen LogP contribution in [0, 0.1) is 22.2 Å². The van der Waals surface area contributed by atoms with Gasteiger partial charge in [-0.05, 0) is 57.9 Å². The van der Waals surface area contributed by atoms with E-state index in [4.69, 9.17) is 21.1 Å². The SMILES string of the molecule is CC1(C)O[C@@H]2C[C@H]3C4(C)CCC5=CC(=O)CC[C@]5(C)[C@@]4(F)[C@@H](O)C[C@]3(C)[C@]2(C(=O)CCl)O1. The standard InChI is InChI=1S/C25H34ClFO5/c1-20(2)31-19-11-16-22(4)8-6-14-10-15(28)7-9-21(14,3)25(22,27)17(29)12-23(16,5)24(19,32-20)18(30)13-26/h10,16-17,19,29H,6-9,11-13H2,1-5H3/t16-,17-,19+,21-,22?,23-,24+,25-/m0/s1. The van der Waals surface area contributed by atoms with Crippen molar-refractivity contribution >= 4 is 23.2 Å². The minimum atomic E-state index is -1.92. The Balaban J connectivity index is 1.68. The monoisotopic (exact) mass is 468 g/mol. The second-order valence-electron chi connectivity index (χ2n) is 11.9. The van der Waals surface area contributed by atoms with E-state index in [1.54, 1.807) is 19.9 Å². The van der Waals surface area contributed by atoms with Crippen molar-refractivity contribution in [3.8, 4) is 0 Å². The fourth-order valence-electron chi connectivity index (χ4n) is 8.89. The van der Waals surface area contributed by atoms with E-state index in [0.29, 0.717) is 25.7 Å². The summed E-state index contributed by atoms with van der Waals surface area (Å²) in [7, 11) is 0. The lowest BCUT2D eigenvalue weighted by atomic mass is 9.38. The highest BCUT2D eigenvalue weighted by molar-refractivity contribution is 6.29. The van der Waals surface area contributed by atoms with Gasteiger partial charge in [0.05, 0.1) is 18.1 Å². The summed E-state index contributed by atoms with van der Waals surface area (Å²) in [5.74, 6) is -1.65. The number of carbonyl (C=O) groups excluding carboxylic acids is 2. The number of ketones is 2. The molecular weight excluding hydrogens is 435 g/mol. The van der Waals surface area contributed by atoms with Gasteiger partial charge in [0.25, 0.3) is 0 Å². The lowest BCUT2D eigenvalue weighted by Crippen LogP contribution is -2.74. The molecule has 4 aliphatic carbocycles. The molecule has 5 nitrogen and oxygen atoms in total. The number of Topliss-reactive ketones (excluding diaryl/α,β-unsaturated/α-hetero) is 1. The van der Waals surface area contributed by atoms with Gasteiger partial charge < -0.3 is 14.6 Å². The van der Waals surface area contributed by atoms with Crippen LogP contribution in [0.3, 0.4) is 0 Å². The summed E-state index contributed by atoms with van der Waals surface area (Å²) >= 11 is 6.08. The molecule has 3 saturated carbocycles. The smallest absolute Gasteiger partial charge is 0.182 e. The molecule has 0 aromatic rings. The van der Waals surface area contributed by atoms with Gasteiger partial charge in [0.1, 0.15) is 0 Å². The van der Waals surface area contributed by atoms with Crippen LogP contribution in [0.2, 0.25) is 0 Å². The average molecular weight is 469 g/mol. The molecule has 0 radical (unpaired) electrons. The molecule has 32 heavy (non-hydrogen) atoms. The molecule has 4 fully saturated rings. The van der Waals surface area contributed by atoms with Gasteiger partial charge >= 0.3 is 0 Å². The van der Waals surface area contributed by atoms with Crippen LogP contribution in [0.25, 0.3) is 0 Å². The minimum absolute atomic E-state index is 0.0332. The van der Waals surface area contributed by atoms with Gasteiger partial charge in [-0.1, -0.05) is 26.3 Å². The quantitative estimate of drug-likeness (QED) is 0.612. The normalized spacial score (nSPS) is 53.7. The molecule has 1 N–H and O–H groups in total. The fraction of sp³-hybridized carbons (Fsp3) is 0.840. The molecule has 8 atom stereocenters. The van der Waals surface area contributed by atoms with Crippen LogP contribution in [0.15, 0.2) is 11.6 Å². The van der Waals surface area contributed by atoms with Crippen LogP contribution in [-0.4, -0.2) is 51.8 Å². The van der Waals surface area contributed by atoms with Gasteiger partial charge in [-0.2, -0.15) is 0 Å². The van der Waals surface area contributed by atoms with Crippen molar-refractivity contribution in [2.75, 3.05) is 5.88 Å². The Labute approximate surface area is 194 Å². The van der Waals surface area contributed by atoms with Crippen molar-refractivity contribution in [2.24, 2.45) is 22.2 Å². The van der Waals surface area contributed by atoms with E-state index in [9.17, 15) is 14.7 Å². The largest absolute Gasteiger partial charge is 0.390 e. The highest BCUT2D eigenvalue weighted by atomic mass is 35.5. The number of ether oxygens (including phenoxy) is 2. The van der Waals surface area contributed by atoms with Crippen LogP contribution >= 0.6 is 11.6 Å². The van der Waals surface area contributed by atoms with Crippen LogP contribution in [0.5, 0.6) is 0 Å². The zero-order chi connectivity index (χ0) is 23.5. The van der Waals surface area contributed by atoms with E-state index < -0.39 is 45.5 Å². The number of aliphatic hydroxyl groups is 1. The van der Waals surface area contributed by atoms with E-state index in [2.05, 4.69) is 0 Å². The molecule has 1 heterocycles. The Morgan fingerprint density at radius 3 is 2.53 bits per heavy atom. The van der Waals surface area contributed by atoms with Crippen molar-refractivity contribution in [3.63, 3.8) is 0 Å². The number of carbonyl (C=O) groups is 2. The number of aliphatic hydroxyl groups excluding tert-OH is 1. The predicted octanol–water partition coefficient (Wildman–Crippen LogP) is 4.28. The Morgan fingerprint density at radius 1 is 1.19 bits per heavy atom. The summed E-state index contributed by atoms with van der Waals surface area (Å²) in [4.78, 5) is 25.5. The average Bonchev–Trinajstić information content (AvgIpc) is 3.12. The molecule has 178 valence electrons. The summed E-state index contributed by atoms with van der Waals surface area (Å²) in [6.07, 6.45) is 2.11. The third-order valence-corrected chi connectivity index (χ3v) is 10.4. The van der Waals surface area contributed by atoms with Gasteiger partial charge in [0.2, 0.25) is 0 Å². The summed E-state index contributed by atoms with van der Waals surface area (Å²) in [6, 6.07) is 0. The van der Waals surface area contributed by atoms with Gasteiger partial charge in [-0.25, -0.2) is 4.39 Å². The maximum atomic E-state index is 17.6. The summed E-state index contributed by atoms with van der Waals surface area (Å²) in [5, 5.41) is 11.6.